The first-order valence-electron chi connectivity index (χ1n) is 10.4. The van der Waals surface area contributed by atoms with E-state index in [9.17, 15) is 13.6 Å². The van der Waals surface area contributed by atoms with Gasteiger partial charge in [-0.25, -0.2) is 18.7 Å². The predicted octanol–water partition coefficient (Wildman–Crippen LogP) is 2.74. The van der Waals surface area contributed by atoms with Crippen molar-refractivity contribution in [3.05, 3.63) is 59.7 Å². The molecule has 5 rings (SSSR count). The Labute approximate surface area is 178 Å². The molecule has 1 amide bonds. The van der Waals surface area contributed by atoms with Crippen LogP contribution in [0.5, 0.6) is 0 Å². The summed E-state index contributed by atoms with van der Waals surface area (Å²) in [5.74, 6) is 0.154. The molecule has 0 bridgehead atoms. The molecule has 1 aromatic carbocycles. The Morgan fingerprint density at radius 2 is 2.00 bits per heavy atom. The minimum absolute atomic E-state index is 0.127. The van der Waals surface area contributed by atoms with Crippen LogP contribution in [0.1, 0.15) is 43.1 Å². The molecule has 31 heavy (non-hydrogen) atoms. The lowest BCUT2D eigenvalue weighted by Gasteiger charge is -2.38. The van der Waals surface area contributed by atoms with Crippen LogP contribution in [-0.4, -0.2) is 45.7 Å². The molecule has 3 fully saturated rings. The molecule has 1 aromatic heterocycles. The smallest absolute Gasteiger partial charge is 0.257 e. The lowest BCUT2D eigenvalue weighted by atomic mass is 9.89. The van der Waals surface area contributed by atoms with Crippen molar-refractivity contribution >= 4 is 17.8 Å². The highest BCUT2D eigenvalue weighted by molar-refractivity contribution is 5.88. The number of rotatable bonds is 3. The summed E-state index contributed by atoms with van der Waals surface area (Å²) in [5, 5.41) is 0. The molecule has 2 unspecified atom stereocenters. The van der Waals surface area contributed by atoms with E-state index in [0.29, 0.717) is 44.6 Å². The molecule has 2 atom stereocenters. The quantitative estimate of drug-likeness (QED) is 0.811. The maximum atomic E-state index is 14.4. The van der Waals surface area contributed by atoms with Gasteiger partial charge in [0.25, 0.3) is 5.91 Å². The van der Waals surface area contributed by atoms with E-state index in [0.717, 1.165) is 18.0 Å². The van der Waals surface area contributed by atoms with Gasteiger partial charge in [-0.3, -0.25) is 4.79 Å². The van der Waals surface area contributed by atoms with Crippen LogP contribution < -0.4 is 10.6 Å². The fourth-order valence-corrected chi connectivity index (χ4v) is 4.92. The zero-order chi connectivity index (χ0) is 21.6. The Balaban J connectivity index is 1.33. The number of nitrogens with zero attached hydrogens (tertiary/aromatic N) is 4. The number of fused-ring (bicyclic) bond motifs is 1. The molecule has 0 saturated carbocycles. The van der Waals surface area contributed by atoms with E-state index in [2.05, 4.69) is 14.9 Å². The van der Waals surface area contributed by atoms with Crippen LogP contribution in [0.3, 0.4) is 0 Å². The van der Waals surface area contributed by atoms with Gasteiger partial charge in [-0.2, -0.15) is 0 Å². The topological polar surface area (TPSA) is 84.6 Å². The maximum absolute atomic E-state index is 14.4. The molecule has 2 N–H and O–H groups in total. The van der Waals surface area contributed by atoms with Crippen molar-refractivity contribution < 1.29 is 18.3 Å². The van der Waals surface area contributed by atoms with Crippen molar-refractivity contribution in [3.63, 3.8) is 0 Å². The molecule has 2 aromatic rings. The second-order valence-corrected chi connectivity index (χ2v) is 8.16. The molecule has 0 radical (unpaired) electrons. The van der Waals surface area contributed by atoms with Gasteiger partial charge < -0.3 is 20.3 Å². The Morgan fingerprint density at radius 3 is 2.77 bits per heavy atom. The van der Waals surface area contributed by atoms with E-state index in [1.54, 1.807) is 17.2 Å². The number of anilines is 1. The maximum Gasteiger partial charge on any atom is 0.257 e. The first kappa shape index (κ1) is 19.9. The third-order valence-electron chi connectivity index (χ3n) is 6.44. The van der Waals surface area contributed by atoms with Crippen molar-refractivity contribution in [1.82, 2.24) is 14.9 Å². The van der Waals surface area contributed by atoms with Crippen molar-refractivity contribution in [1.29, 1.82) is 0 Å². The van der Waals surface area contributed by atoms with Crippen LogP contribution in [0, 0.1) is 11.6 Å². The van der Waals surface area contributed by atoms with Gasteiger partial charge in [-0.1, -0.05) is 0 Å². The third-order valence-corrected chi connectivity index (χ3v) is 6.44. The Morgan fingerprint density at radius 1 is 1.19 bits per heavy atom. The molecule has 162 valence electrons. The second kappa shape index (κ2) is 7.56. The molecule has 0 aliphatic carbocycles. The normalized spacial score (nSPS) is 25.0. The summed E-state index contributed by atoms with van der Waals surface area (Å²) in [6.07, 6.45) is 6.46. The highest BCUT2D eigenvalue weighted by Gasteiger charge is 2.58. The average molecular weight is 427 g/mol. The largest absolute Gasteiger partial charge is 0.404 e. The minimum Gasteiger partial charge on any atom is -0.404 e. The fraction of sp³-hybridized carbons (Fsp3) is 0.409. The van der Waals surface area contributed by atoms with E-state index in [1.807, 2.05) is 6.07 Å². The SMILES string of the molecule is N/C=C\c1nccc(N2CCC3(CC2)OC2CCC(c4cc(F)ccc4F)N2C3=O)n1. The van der Waals surface area contributed by atoms with Crippen molar-refractivity contribution in [2.75, 3.05) is 18.0 Å². The van der Waals surface area contributed by atoms with Gasteiger partial charge in [0, 0.05) is 37.7 Å². The summed E-state index contributed by atoms with van der Waals surface area (Å²) in [6, 6.07) is 4.71. The van der Waals surface area contributed by atoms with Crippen LogP contribution in [0.15, 0.2) is 36.7 Å². The summed E-state index contributed by atoms with van der Waals surface area (Å²) < 4.78 is 34.4. The third kappa shape index (κ3) is 3.33. The van der Waals surface area contributed by atoms with Gasteiger partial charge in [0.1, 0.15) is 23.7 Å². The standard InChI is InChI=1S/C22H23F2N5O2/c23-14-1-2-16(24)15(13-14)17-3-4-20-29(17)21(30)22(31-20)7-11-28(12-8-22)19-6-10-26-18(27-19)5-9-25/h1-2,5-6,9-10,13,17,20H,3-4,7-8,11-12,25H2/b9-5-. The van der Waals surface area contributed by atoms with Gasteiger partial charge in [-0.05, 0) is 49.4 Å². The van der Waals surface area contributed by atoms with Gasteiger partial charge in [0.2, 0.25) is 0 Å². The number of benzene rings is 1. The zero-order valence-corrected chi connectivity index (χ0v) is 16.9. The number of hydrogen-bond donors (Lipinski definition) is 1. The fourth-order valence-electron chi connectivity index (χ4n) is 4.92. The van der Waals surface area contributed by atoms with E-state index < -0.39 is 29.5 Å². The summed E-state index contributed by atoms with van der Waals surface area (Å²) in [5.41, 5.74) is 4.72. The predicted molar refractivity (Wildman–Crippen MR) is 109 cm³/mol. The Hall–Kier alpha value is -3.07. The van der Waals surface area contributed by atoms with E-state index in [4.69, 9.17) is 10.5 Å². The number of carbonyl (C=O) groups excluding carboxylic acids is 1. The molecular weight excluding hydrogens is 404 g/mol. The molecule has 3 aliphatic rings. The Bertz CT molecular complexity index is 1040. The van der Waals surface area contributed by atoms with Gasteiger partial charge in [-0.15, -0.1) is 0 Å². The van der Waals surface area contributed by atoms with Crippen LogP contribution in [-0.2, 0) is 9.53 Å². The van der Waals surface area contributed by atoms with Gasteiger partial charge in [0.15, 0.2) is 11.4 Å². The summed E-state index contributed by atoms with van der Waals surface area (Å²) in [6.45, 7) is 1.18. The van der Waals surface area contributed by atoms with Crippen LogP contribution in [0.2, 0.25) is 0 Å². The van der Waals surface area contributed by atoms with Crippen molar-refractivity contribution in [3.8, 4) is 0 Å². The lowest BCUT2D eigenvalue weighted by molar-refractivity contribution is -0.140. The minimum atomic E-state index is -0.920. The second-order valence-electron chi connectivity index (χ2n) is 8.16. The molecule has 3 aliphatic heterocycles. The van der Waals surface area contributed by atoms with E-state index >= 15 is 0 Å². The molecule has 3 saturated heterocycles. The molecular formula is C22H23F2N5O2. The summed E-state index contributed by atoms with van der Waals surface area (Å²) >= 11 is 0. The number of halogens is 2. The van der Waals surface area contributed by atoms with Gasteiger partial charge in [0.05, 0.1) is 6.04 Å². The molecule has 9 heteroatoms. The molecule has 7 nitrogen and oxygen atoms in total. The highest BCUT2D eigenvalue weighted by atomic mass is 19.1. The molecule has 1 spiro atoms. The first-order chi connectivity index (χ1) is 15.0. The number of nitrogens with two attached hydrogens (primary N) is 1. The number of ether oxygens (including phenoxy) is 1. The first-order valence-corrected chi connectivity index (χ1v) is 10.4. The monoisotopic (exact) mass is 427 g/mol. The number of amides is 1. The van der Waals surface area contributed by atoms with Gasteiger partial charge >= 0.3 is 0 Å². The number of piperidine rings is 1. The van der Waals surface area contributed by atoms with E-state index in [1.165, 1.54) is 12.3 Å². The lowest BCUT2D eigenvalue weighted by Crippen LogP contribution is -2.50. The van der Waals surface area contributed by atoms with Crippen LogP contribution in [0.4, 0.5) is 14.6 Å². The van der Waals surface area contributed by atoms with Crippen LogP contribution in [0.25, 0.3) is 6.08 Å². The molecule has 4 heterocycles. The Kier molecular flexibility index (Phi) is 4.85. The van der Waals surface area contributed by atoms with Crippen molar-refractivity contribution in [2.24, 2.45) is 5.73 Å². The number of hydrogen-bond acceptors (Lipinski definition) is 6. The average Bonchev–Trinajstić information content (AvgIpc) is 3.29. The van der Waals surface area contributed by atoms with Crippen LogP contribution >= 0.6 is 0 Å². The number of aromatic nitrogens is 2. The van der Waals surface area contributed by atoms with Crippen molar-refractivity contribution in [2.45, 2.75) is 43.6 Å². The zero-order valence-electron chi connectivity index (χ0n) is 16.9. The summed E-state index contributed by atoms with van der Waals surface area (Å²) in [7, 11) is 0. The highest BCUT2D eigenvalue weighted by Crippen LogP contribution is 2.48. The number of carbonyl (C=O) groups is 1. The summed E-state index contributed by atoms with van der Waals surface area (Å²) in [4.78, 5) is 25.8. The van der Waals surface area contributed by atoms with E-state index in [-0.39, 0.29) is 11.5 Å².